The quantitative estimate of drug-likeness (QED) is 0.889. The first-order chi connectivity index (χ1) is 7.30. The van der Waals surface area contributed by atoms with Gasteiger partial charge in [-0.15, -0.1) is 0 Å². The summed E-state index contributed by atoms with van der Waals surface area (Å²) in [5.41, 5.74) is 5.60. The second-order valence-corrected chi connectivity index (χ2v) is 4.27. The van der Waals surface area contributed by atoms with Gasteiger partial charge in [0.2, 0.25) is 0 Å². The van der Waals surface area contributed by atoms with E-state index in [0.29, 0.717) is 15.6 Å². The van der Waals surface area contributed by atoms with Crippen molar-refractivity contribution in [3.05, 3.63) is 33.8 Å². The van der Waals surface area contributed by atoms with E-state index in [4.69, 9.17) is 28.9 Å². The molecule has 0 aliphatic rings. The lowest BCUT2D eigenvalue weighted by Crippen LogP contribution is -2.37. The van der Waals surface area contributed by atoms with Gasteiger partial charge in [0, 0.05) is 10.0 Å². The molecule has 0 amide bonds. The summed E-state index contributed by atoms with van der Waals surface area (Å²) >= 11 is 11.5. The third-order valence-corrected chi connectivity index (χ3v) is 2.75. The Bertz CT molecular complexity index is 366. The molecule has 0 aromatic heterocycles. The van der Waals surface area contributed by atoms with Crippen molar-refractivity contribution >= 4 is 23.2 Å². The molecule has 0 aliphatic heterocycles. The summed E-state index contributed by atoms with van der Waals surface area (Å²) in [5.74, 6) is 0. The Labute approximate surface area is 101 Å². The standard InChI is InChI=1S/C10H10Cl2F3N/c11-7-3-1-6(8(12)5-7)2-4-9(16)10(13,14)15/h1,3,5,9H,2,4,16H2. The largest absolute Gasteiger partial charge is 0.403 e. The molecular weight excluding hydrogens is 262 g/mol. The Morgan fingerprint density at radius 1 is 1.25 bits per heavy atom. The first-order valence-electron chi connectivity index (χ1n) is 4.57. The fourth-order valence-corrected chi connectivity index (χ4v) is 1.70. The van der Waals surface area contributed by atoms with Gasteiger partial charge in [-0.1, -0.05) is 29.3 Å². The van der Waals surface area contributed by atoms with Crippen LogP contribution in [0, 0.1) is 0 Å². The molecule has 90 valence electrons. The van der Waals surface area contributed by atoms with Crippen LogP contribution in [0.3, 0.4) is 0 Å². The third kappa shape index (κ3) is 3.85. The Hall–Kier alpha value is -0.450. The van der Waals surface area contributed by atoms with Crippen molar-refractivity contribution in [1.29, 1.82) is 0 Å². The number of hydrogen-bond donors (Lipinski definition) is 1. The number of nitrogens with two attached hydrogens (primary N) is 1. The Kier molecular flexibility index (Phi) is 4.47. The SMILES string of the molecule is NC(CCc1ccc(Cl)cc1Cl)C(F)(F)F. The molecule has 16 heavy (non-hydrogen) atoms. The summed E-state index contributed by atoms with van der Waals surface area (Å²) in [4.78, 5) is 0. The second kappa shape index (κ2) is 5.25. The number of benzene rings is 1. The van der Waals surface area contributed by atoms with Crippen molar-refractivity contribution in [1.82, 2.24) is 0 Å². The average molecular weight is 272 g/mol. The minimum atomic E-state index is -4.36. The maximum atomic E-state index is 12.1. The van der Waals surface area contributed by atoms with E-state index in [2.05, 4.69) is 0 Å². The zero-order chi connectivity index (χ0) is 12.3. The molecule has 2 N–H and O–H groups in total. The highest BCUT2D eigenvalue weighted by Gasteiger charge is 2.36. The molecule has 0 heterocycles. The van der Waals surface area contributed by atoms with Crippen LogP contribution in [-0.2, 0) is 6.42 Å². The van der Waals surface area contributed by atoms with Gasteiger partial charge in [-0.05, 0) is 30.5 Å². The lowest BCUT2D eigenvalue weighted by Gasteiger charge is -2.15. The lowest BCUT2D eigenvalue weighted by atomic mass is 10.1. The molecule has 1 nitrogen and oxygen atoms in total. The number of halogens is 5. The lowest BCUT2D eigenvalue weighted by molar-refractivity contribution is -0.148. The second-order valence-electron chi connectivity index (χ2n) is 3.42. The van der Waals surface area contributed by atoms with Crippen LogP contribution in [0.1, 0.15) is 12.0 Å². The highest BCUT2D eigenvalue weighted by Crippen LogP contribution is 2.25. The van der Waals surface area contributed by atoms with Gasteiger partial charge < -0.3 is 5.73 Å². The van der Waals surface area contributed by atoms with Crippen molar-refractivity contribution in [2.24, 2.45) is 5.73 Å². The molecule has 1 rings (SSSR count). The molecule has 0 bridgehead atoms. The number of alkyl halides is 3. The van der Waals surface area contributed by atoms with Crippen LogP contribution >= 0.6 is 23.2 Å². The Morgan fingerprint density at radius 2 is 1.88 bits per heavy atom. The van der Waals surface area contributed by atoms with Crippen LogP contribution in [0.5, 0.6) is 0 Å². The summed E-state index contributed by atoms with van der Waals surface area (Å²) in [6.07, 6.45) is -4.37. The fraction of sp³-hybridized carbons (Fsp3) is 0.400. The highest BCUT2D eigenvalue weighted by molar-refractivity contribution is 6.35. The van der Waals surface area contributed by atoms with Crippen molar-refractivity contribution in [3.63, 3.8) is 0 Å². The minimum absolute atomic E-state index is 0.177. The van der Waals surface area contributed by atoms with Crippen LogP contribution in [0.2, 0.25) is 10.0 Å². The summed E-state index contributed by atoms with van der Waals surface area (Å²) in [6.45, 7) is 0. The zero-order valence-electron chi connectivity index (χ0n) is 8.19. The number of aryl methyl sites for hydroxylation is 1. The van der Waals surface area contributed by atoms with Gasteiger partial charge >= 0.3 is 6.18 Å². The van der Waals surface area contributed by atoms with Gasteiger partial charge in [0.05, 0.1) is 0 Å². The third-order valence-electron chi connectivity index (χ3n) is 2.16. The Morgan fingerprint density at radius 3 is 2.38 bits per heavy atom. The predicted molar refractivity (Wildman–Crippen MR) is 58.8 cm³/mol. The van der Waals surface area contributed by atoms with E-state index >= 15 is 0 Å². The van der Waals surface area contributed by atoms with Crippen LogP contribution < -0.4 is 5.73 Å². The van der Waals surface area contributed by atoms with Crippen molar-refractivity contribution < 1.29 is 13.2 Å². The molecule has 1 aromatic carbocycles. The smallest absolute Gasteiger partial charge is 0.320 e. The molecule has 1 atom stereocenters. The van der Waals surface area contributed by atoms with Gasteiger partial charge in [0.25, 0.3) is 0 Å². The van der Waals surface area contributed by atoms with Crippen LogP contribution in [0.25, 0.3) is 0 Å². The molecule has 1 unspecified atom stereocenters. The van der Waals surface area contributed by atoms with Crippen molar-refractivity contribution in [2.45, 2.75) is 25.1 Å². The van der Waals surface area contributed by atoms with E-state index in [-0.39, 0.29) is 12.8 Å². The molecule has 0 saturated heterocycles. The maximum absolute atomic E-state index is 12.1. The fourth-order valence-electron chi connectivity index (χ4n) is 1.20. The number of hydrogen-bond acceptors (Lipinski definition) is 1. The number of rotatable bonds is 3. The van der Waals surface area contributed by atoms with E-state index < -0.39 is 12.2 Å². The summed E-state index contributed by atoms with van der Waals surface area (Å²) in [7, 11) is 0. The molecule has 1 aromatic rings. The first-order valence-corrected chi connectivity index (χ1v) is 5.32. The van der Waals surface area contributed by atoms with Gasteiger partial charge in [-0.2, -0.15) is 13.2 Å². The highest BCUT2D eigenvalue weighted by atomic mass is 35.5. The monoisotopic (exact) mass is 271 g/mol. The molecule has 0 radical (unpaired) electrons. The molecule has 0 spiro atoms. The van der Waals surface area contributed by atoms with E-state index in [1.54, 1.807) is 12.1 Å². The maximum Gasteiger partial charge on any atom is 0.403 e. The van der Waals surface area contributed by atoms with Crippen LogP contribution in [-0.4, -0.2) is 12.2 Å². The van der Waals surface area contributed by atoms with Crippen LogP contribution in [0.4, 0.5) is 13.2 Å². The topological polar surface area (TPSA) is 26.0 Å². The zero-order valence-corrected chi connectivity index (χ0v) is 9.70. The minimum Gasteiger partial charge on any atom is -0.320 e. The molecule has 0 saturated carbocycles. The van der Waals surface area contributed by atoms with Crippen LogP contribution in [0.15, 0.2) is 18.2 Å². The normalized spacial score (nSPS) is 13.9. The van der Waals surface area contributed by atoms with E-state index in [0.717, 1.165) is 0 Å². The van der Waals surface area contributed by atoms with E-state index in [1.807, 2.05) is 0 Å². The first kappa shape index (κ1) is 13.6. The van der Waals surface area contributed by atoms with Crippen molar-refractivity contribution in [3.8, 4) is 0 Å². The predicted octanol–water partition coefficient (Wildman–Crippen LogP) is 3.82. The summed E-state index contributed by atoms with van der Waals surface area (Å²) in [5, 5.41) is 0.816. The van der Waals surface area contributed by atoms with Gasteiger partial charge in [-0.3, -0.25) is 0 Å². The van der Waals surface area contributed by atoms with E-state index in [9.17, 15) is 13.2 Å². The Balaban J connectivity index is 2.62. The molecule has 0 aliphatic carbocycles. The summed E-state index contributed by atoms with van der Waals surface area (Å²) in [6, 6.07) is 2.87. The summed E-state index contributed by atoms with van der Waals surface area (Å²) < 4.78 is 36.4. The molecule has 6 heteroatoms. The van der Waals surface area contributed by atoms with E-state index in [1.165, 1.54) is 6.07 Å². The average Bonchev–Trinajstić information content (AvgIpc) is 2.14. The van der Waals surface area contributed by atoms with Gasteiger partial charge in [0.15, 0.2) is 0 Å². The molecular formula is C10H10Cl2F3N. The van der Waals surface area contributed by atoms with Gasteiger partial charge in [-0.25, -0.2) is 0 Å². The van der Waals surface area contributed by atoms with Gasteiger partial charge in [0.1, 0.15) is 6.04 Å². The molecule has 0 fully saturated rings. The van der Waals surface area contributed by atoms with Crippen molar-refractivity contribution in [2.75, 3.05) is 0 Å².